The summed E-state index contributed by atoms with van der Waals surface area (Å²) < 4.78 is 10.7. The van der Waals surface area contributed by atoms with Gasteiger partial charge < -0.3 is 19.4 Å². The first-order chi connectivity index (χ1) is 13.0. The number of aryl methyl sites for hydroxylation is 1. The Morgan fingerprint density at radius 2 is 2.07 bits per heavy atom. The van der Waals surface area contributed by atoms with E-state index in [-0.39, 0.29) is 11.5 Å². The molecule has 0 saturated carbocycles. The van der Waals surface area contributed by atoms with E-state index in [0.29, 0.717) is 35.7 Å². The molecule has 6 nitrogen and oxygen atoms in total. The van der Waals surface area contributed by atoms with Crippen LogP contribution >= 0.6 is 0 Å². The number of fused-ring (bicyclic) bond motifs is 1. The van der Waals surface area contributed by atoms with E-state index in [4.69, 9.17) is 9.15 Å². The summed E-state index contributed by atoms with van der Waals surface area (Å²) in [4.78, 5) is 26.9. The standard InChI is InChI=1S/C21H28N2O4/c1-14-17-5-4-16(26-3)12-19(17)27-21(25)18(14)6-7-20(24)23-10-8-15(9-11-23)13-22-2/h4-5,12,15,22H,6-11,13H2,1-3H3. The predicted octanol–water partition coefficient (Wildman–Crippen LogP) is 2.50. The first kappa shape index (κ1) is 19.4. The van der Waals surface area contributed by atoms with Crippen molar-refractivity contribution in [3.05, 3.63) is 39.7 Å². The molecule has 1 aliphatic rings. The molecule has 1 aliphatic heterocycles. The molecule has 146 valence electrons. The van der Waals surface area contributed by atoms with Crippen LogP contribution in [0, 0.1) is 12.8 Å². The van der Waals surface area contributed by atoms with E-state index in [1.807, 2.05) is 31.0 Å². The van der Waals surface area contributed by atoms with Gasteiger partial charge in [0.1, 0.15) is 11.3 Å². The van der Waals surface area contributed by atoms with E-state index in [9.17, 15) is 9.59 Å². The maximum Gasteiger partial charge on any atom is 0.339 e. The minimum atomic E-state index is -0.367. The van der Waals surface area contributed by atoms with E-state index < -0.39 is 0 Å². The summed E-state index contributed by atoms with van der Waals surface area (Å²) in [6, 6.07) is 5.46. The van der Waals surface area contributed by atoms with E-state index in [0.717, 1.165) is 43.4 Å². The van der Waals surface area contributed by atoms with Crippen LogP contribution in [0.2, 0.25) is 0 Å². The number of ether oxygens (including phenoxy) is 1. The first-order valence-electron chi connectivity index (χ1n) is 9.56. The highest BCUT2D eigenvalue weighted by Crippen LogP contribution is 2.25. The lowest BCUT2D eigenvalue weighted by atomic mass is 9.96. The number of hydrogen-bond acceptors (Lipinski definition) is 5. The van der Waals surface area contributed by atoms with Crippen molar-refractivity contribution >= 4 is 16.9 Å². The van der Waals surface area contributed by atoms with Gasteiger partial charge in [-0.3, -0.25) is 4.79 Å². The molecule has 0 spiro atoms. The van der Waals surface area contributed by atoms with Crippen molar-refractivity contribution in [2.45, 2.75) is 32.6 Å². The SMILES string of the molecule is CNCC1CCN(C(=O)CCc2c(C)c3ccc(OC)cc3oc2=O)CC1. The van der Waals surface area contributed by atoms with Gasteiger partial charge in [0.2, 0.25) is 5.91 Å². The van der Waals surface area contributed by atoms with E-state index in [1.54, 1.807) is 13.2 Å². The fourth-order valence-electron chi connectivity index (χ4n) is 3.86. The van der Waals surface area contributed by atoms with Crippen molar-refractivity contribution in [2.75, 3.05) is 33.8 Å². The quantitative estimate of drug-likeness (QED) is 0.789. The number of carbonyl (C=O) groups is 1. The molecule has 1 saturated heterocycles. The Balaban J connectivity index is 1.68. The number of methoxy groups -OCH3 is 1. The Labute approximate surface area is 159 Å². The maximum absolute atomic E-state index is 12.6. The number of nitrogens with zero attached hydrogens (tertiary/aromatic N) is 1. The zero-order chi connectivity index (χ0) is 19.4. The normalized spacial score (nSPS) is 15.3. The van der Waals surface area contributed by atoms with Crippen molar-refractivity contribution < 1.29 is 13.9 Å². The summed E-state index contributed by atoms with van der Waals surface area (Å²) in [6.45, 7) is 4.52. The molecule has 1 aromatic heterocycles. The smallest absolute Gasteiger partial charge is 0.339 e. The highest BCUT2D eigenvalue weighted by atomic mass is 16.5. The average Bonchev–Trinajstić information content (AvgIpc) is 2.68. The van der Waals surface area contributed by atoms with Gasteiger partial charge in [0.25, 0.3) is 0 Å². The molecule has 3 rings (SSSR count). The third kappa shape index (κ3) is 4.33. The van der Waals surface area contributed by atoms with Crippen LogP contribution in [0.25, 0.3) is 11.0 Å². The van der Waals surface area contributed by atoms with E-state index >= 15 is 0 Å². The van der Waals surface area contributed by atoms with Crippen molar-refractivity contribution in [3.8, 4) is 5.75 Å². The minimum absolute atomic E-state index is 0.117. The van der Waals surface area contributed by atoms with Crippen molar-refractivity contribution in [3.63, 3.8) is 0 Å². The number of amides is 1. The molecule has 1 N–H and O–H groups in total. The van der Waals surface area contributed by atoms with E-state index in [1.165, 1.54) is 0 Å². The molecule has 1 fully saturated rings. The number of piperidine rings is 1. The second-order valence-corrected chi connectivity index (χ2v) is 7.24. The van der Waals surface area contributed by atoms with E-state index in [2.05, 4.69) is 5.32 Å². The summed E-state index contributed by atoms with van der Waals surface area (Å²) in [5.41, 5.74) is 1.61. The summed E-state index contributed by atoms with van der Waals surface area (Å²) in [5.74, 6) is 1.41. The van der Waals surface area contributed by atoms with Crippen LogP contribution in [-0.4, -0.2) is 44.6 Å². The summed E-state index contributed by atoms with van der Waals surface area (Å²) >= 11 is 0. The zero-order valence-corrected chi connectivity index (χ0v) is 16.3. The Morgan fingerprint density at radius 1 is 1.33 bits per heavy atom. The zero-order valence-electron chi connectivity index (χ0n) is 16.3. The lowest BCUT2D eigenvalue weighted by Gasteiger charge is -2.32. The van der Waals surface area contributed by atoms with Crippen molar-refractivity contribution in [1.29, 1.82) is 0 Å². The number of likely N-dealkylation sites (tertiary alicyclic amines) is 1. The second-order valence-electron chi connectivity index (χ2n) is 7.24. The van der Waals surface area contributed by atoms with Crippen molar-refractivity contribution in [1.82, 2.24) is 10.2 Å². The van der Waals surface area contributed by atoms with Gasteiger partial charge in [-0.2, -0.15) is 0 Å². The van der Waals surface area contributed by atoms with Crippen LogP contribution in [0.1, 0.15) is 30.4 Å². The number of benzene rings is 1. The Kier molecular flexibility index (Phi) is 6.16. The Bertz CT molecular complexity index is 866. The molecule has 0 unspecified atom stereocenters. The van der Waals surface area contributed by atoms with Gasteiger partial charge in [-0.25, -0.2) is 4.79 Å². The summed E-state index contributed by atoms with van der Waals surface area (Å²) in [7, 11) is 3.54. The third-order valence-corrected chi connectivity index (χ3v) is 5.54. The number of carbonyl (C=O) groups excluding carboxylic acids is 1. The average molecular weight is 372 g/mol. The molecule has 0 atom stereocenters. The molecule has 1 aromatic carbocycles. The predicted molar refractivity (Wildman–Crippen MR) is 105 cm³/mol. The fourth-order valence-corrected chi connectivity index (χ4v) is 3.86. The molecule has 0 aliphatic carbocycles. The summed E-state index contributed by atoms with van der Waals surface area (Å²) in [5, 5.41) is 4.09. The molecule has 0 bridgehead atoms. The van der Waals surface area contributed by atoms with Gasteiger partial charge in [0.05, 0.1) is 7.11 Å². The summed E-state index contributed by atoms with van der Waals surface area (Å²) in [6.07, 6.45) is 2.81. The maximum atomic E-state index is 12.6. The minimum Gasteiger partial charge on any atom is -0.497 e. The molecule has 6 heteroatoms. The van der Waals surface area contributed by atoms with Gasteiger partial charge >= 0.3 is 5.63 Å². The van der Waals surface area contributed by atoms with Crippen LogP contribution in [0.4, 0.5) is 0 Å². The first-order valence-corrected chi connectivity index (χ1v) is 9.56. The van der Waals surface area contributed by atoms with Crippen LogP contribution < -0.4 is 15.7 Å². The van der Waals surface area contributed by atoms with Crippen molar-refractivity contribution in [2.24, 2.45) is 5.92 Å². The van der Waals surface area contributed by atoms with Gasteiger partial charge in [-0.1, -0.05) is 0 Å². The Morgan fingerprint density at radius 3 is 2.74 bits per heavy atom. The molecule has 27 heavy (non-hydrogen) atoms. The van der Waals surface area contributed by atoms with Crippen LogP contribution in [0.15, 0.2) is 27.4 Å². The molecular weight excluding hydrogens is 344 g/mol. The van der Waals surface area contributed by atoms with Gasteiger partial charge in [0, 0.05) is 36.5 Å². The number of hydrogen-bond donors (Lipinski definition) is 1. The molecule has 1 amide bonds. The highest BCUT2D eigenvalue weighted by molar-refractivity contribution is 5.82. The third-order valence-electron chi connectivity index (χ3n) is 5.54. The molecule has 2 aromatic rings. The van der Waals surface area contributed by atoms with Gasteiger partial charge in [0.15, 0.2) is 0 Å². The Hall–Kier alpha value is -2.34. The largest absolute Gasteiger partial charge is 0.497 e. The van der Waals surface area contributed by atoms with Crippen LogP contribution in [-0.2, 0) is 11.2 Å². The van der Waals surface area contributed by atoms with Gasteiger partial charge in [-0.05, 0) is 63.4 Å². The fraction of sp³-hybridized carbons (Fsp3) is 0.524. The molecular formula is C21H28N2O4. The monoisotopic (exact) mass is 372 g/mol. The lowest BCUT2D eigenvalue weighted by molar-refractivity contribution is -0.132. The van der Waals surface area contributed by atoms with Crippen LogP contribution in [0.5, 0.6) is 5.75 Å². The lowest BCUT2D eigenvalue weighted by Crippen LogP contribution is -2.40. The number of rotatable bonds is 6. The molecule has 2 heterocycles. The second kappa shape index (κ2) is 8.57. The van der Waals surface area contributed by atoms with Gasteiger partial charge in [-0.15, -0.1) is 0 Å². The molecule has 0 radical (unpaired) electrons. The number of nitrogens with one attached hydrogen (secondary N) is 1. The highest BCUT2D eigenvalue weighted by Gasteiger charge is 2.23. The van der Waals surface area contributed by atoms with Crippen LogP contribution in [0.3, 0.4) is 0 Å². The topological polar surface area (TPSA) is 71.8 Å².